The second-order valence-corrected chi connectivity index (χ2v) is 8.72. The molecule has 202 valence electrons. The third-order valence-corrected chi connectivity index (χ3v) is 6.35. The van der Waals surface area contributed by atoms with E-state index in [0.717, 1.165) is 42.8 Å². The summed E-state index contributed by atoms with van der Waals surface area (Å²) in [5.74, 6) is -2.77. The molecule has 3 aromatic heterocycles. The number of carbonyl (C=O) groups is 1. The van der Waals surface area contributed by atoms with E-state index >= 15 is 0 Å². The van der Waals surface area contributed by atoms with E-state index in [0.29, 0.717) is 5.95 Å². The van der Waals surface area contributed by atoms with E-state index in [1.807, 2.05) is 30.3 Å². The summed E-state index contributed by atoms with van der Waals surface area (Å²) in [5.41, 5.74) is 6.41. The molecule has 2 aromatic carbocycles. The van der Waals surface area contributed by atoms with Gasteiger partial charge in [0.25, 0.3) is 0 Å². The fraction of sp³-hybridized carbons (Fsp3) is 0.231. The fourth-order valence-corrected chi connectivity index (χ4v) is 4.66. The van der Waals surface area contributed by atoms with Gasteiger partial charge in [0.15, 0.2) is 11.6 Å². The molecule has 9 nitrogen and oxygen atoms in total. The first-order valence-electron chi connectivity index (χ1n) is 12.0. The van der Waals surface area contributed by atoms with E-state index in [4.69, 9.17) is 9.90 Å². The van der Waals surface area contributed by atoms with Crippen LogP contribution in [0.1, 0.15) is 18.2 Å². The lowest BCUT2D eigenvalue weighted by molar-refractivity contribution is -0.192. The van der Waals surface area contributed by atoms with Crippen molar-refractivity contribution in [2.24, 2.45) is 0 Å². The Morgan fingerprint density at radius 1 is 1.15 bits per heavy atom. The maximum atomic E-state index is 14.6. The van der Waals surface area contributed by atoms with Gasteiger partial charge >= 0.3 is 12.1 Å². The highest BCUT2D eigenvalue weighted by Crippen LogP contribution is 2.31. The van der Waals surface area contributed by atoms with E-state index < -0.39 is 18.0 Å². The Morgan fingerprint density at radius 2 is 1.92 bits per heavy atom. The number of benzene rings is 2. The van der Waals surface area contributed by atoms with Crippen LogP contribution in [0, 0.1) is 5.82 Å². The van der Waals surface area contributed by atoms with Gasteiger partial charge < -0.3 is 20.3 Å². The number of nitrogens with one attached hydrogen (secondary N) is 2. The summed E-state index contributed by atoms with van der Waals surface area (Å²) >= 11 is 0. The molecule has 0 saturated heterocycles. The van der Waals surface area contributed by atoms with Crippen molar-refractivity contribution < 1.29 is 27.5 Å². The van der Waals surface area contributed by atoms with Crippen LogP contribution in [-0.2, 0) is 24.3 Å². The molecule has 5 aromatic rings. The quantitative estimate of drug-likeness (QED) is 0.276. The summed E-state index contributed by atoms with van der Waals surface area (Å²) in [6, 6.07) is 13.9. The average Bonchev–Trinajstić information content (AvgIpc) is 3.48. The highest BCUT2D eigenvalue weighted by atomic mass is 19.4. The topological polar surface area (TPSA) is 110 Å². The van der Waals surface area contributed by atoms with Crippen molar-refractivity contribution in [1.82, 2.24) is 29.4 Å². The van der Waals surface area contributed by atoms with Gasteiger partial charge in [-0.3, -0.25) is 4.57 Å². The predicted molar refractivity (Wildman–Crippen MR) is 137 cm³/mol. The van der Waals surface area contributed by atoms with Crippen molar-refractivity contribution in [3.63, 3.8) is 0 Å². The number of halogens is 4. The minimum Gasteiger partial charge on any atom is -0.475 e. The van der Waals surface area contributed by atoms with Crippen LogP contribution in [-0.4, -0.2) is 47.9 Å². The molecule has 1 aliphatic heterocycles. The third-order valence-electron chi connectivity index (χ3n) is 6.35. The summed E-state index contributed by atoms with van der Waals surface area (Å²) in [4.78, 5) is 21.9. The van der Waals surface area contributed by atoms with Crippen LogP contribution in [0.3, 0.4) is 0 Å². The van der Waals surface area contributed by atoms with E-state index in [9.17, 15) is 17.6 Å². The SMILES string of the molecule is CCn1c2c(c3ccc(Nc4ncc(F)c(-n5cnc6ccccc65)n4)cc31)CNCC2.O=C(O)C(F)(F)F. The summed E-state index contributed by atoms with van der Waals surface area (Å²) in [6.07, 6.45) is -1.28. The molecule has 1 aliphatic rings. The number of aryl methyl sites for hydroxylation is 1. The van der Waals surface area contributed by atoms with Crippen molar-refractivity contribution in [2.45, 2.75) is 32.6 Å². The number of nitrogens with zero attached hydrogens (tertiary/aromatic N) is 5. The number of alkyl halides is 3. The average molecular weight is 542 g/mol. The lowest BCUT2D eigenvalue weighted by Crippen LogP contribution is -2.24. The van der Waals surface area contributed by atoms with Crippen molar-refractivity contribution in [2.75, 3.05) is 11.9 Å². The number of fused-ring (bicyclic) bond motifs is 4. The van der Waals surface area contributed by atoms with Crippen LogP contribution in [0.5, 0.6) is 0 Å². The Kier molecular flexibility index (Phi) is 6.91. The number of hydrogen-bond donors (Lipinski definition) is 3. The third kappa shape index (κ3) is 5.12. The summed E-state index contributed by atoms with van der Waals surface area (Å²) in [6.45, 7) is 4.99. The fourth-order valence-electron chi connectivity index (χ4n) is 4.66. The number of rotatable bonds is 4. The van der Waals surface area contributed by atoms with Gasteiger partial charge in [-0.15, -0.1) is 0 Å². The minimum absolute atomic E-state index is 0.163. The maximum absolute atomic E-state index is 14.6. The number of anilines is 2. The molecule has 0 fully saturated rings. The molecule has 0 aliphatic carbocycles. The lowest BCUT2D eigenvalue weighted by Gasteiger charge is -2.15. The molecule has 13 heteroatoms. The van der Waals surface area contributed by atoms with Crippen molar-refractivity contribution >= 4 is 39.5 Å². The second-order valence-electron chi connectivity index (χ2n) is 8.72. The van der Waals surface area contributed by atoms with Gasteiger partial charge in [-0.25, -0.2) is 19.2 Å². The monoisotopic (exact) mass is 541 g/mol. The Hall–Kier alpha value is -4.52. The molecule has 39 heavy (non-hydrogen) atoms. The van der Waals surface area contributed by atoms with Crippen molar-refractivity contribution in [3.05, 3.63) is 72.1 Å². The summed E-state index contributed by atoms with van der Waals surface area (Å²) < 4.78 is 50.4. The number of carboxylic acid groups (broad SMARTS) is 1. The zero-order chi connectivity index (χ0) is 27.7. The molecule has 0 spiro atoms. The Bertz CT molecular complexity index is 1680. The minimum atomic E-state index is -5.08. The molecule has 6 rings (SSSR count). The second kappa shape index (κ2) is 10.3. The summed E-state index contributed by atoms with van der Waals surface area (Å²) in [5, 5.41) is 15.1. The number of aromatic nitrogens is 5. The van der Waals surface area contributed by atoms with E-state index in [1.54, 1.807) is 10.9 Å². The Labute approximate surface area is 219 Å². The maximum Gasteiger partial charge on any atom is 0.490 e. The molecule has 0 radical (unpaired) electrons. The van der Waals surface area contributed by atoms with E-state index in [1.165, 1.54) is 28.4 Å². The normalized spacial score (nSPS) is 13.2. The molecular weight excluding hydrogens is 518 g/mol. The molecule has 0 saturated carbocycles. The van der Waals surface area contributed by atoms with Crippen LogP contribution in [0.2, 0.25) is 0 Å². The lowest BCUT2D eigenvalue weighted by atomic mass is 10.1. The predicted octanol–water partition coefficient (Wildman–Crippen LogP) is 4.95. The number of aliphatic carboxylic acids is 1. The number of para-hydroxylation sites is 2. The van der Waals surface area contributed by atoms with Crippen molar-refractivity contribution in [1.29, 1.82) is 0 Å². The van der Waals surface area contributed by atoms with Gasteiger partial charge in [0, 0.05) is 42.8 Å². The van der Waals surface area contributed by atoms with Crippen LogP contribution in [0.15, 0.2) is 55.0 Å². The van der Waals surface area contributed by atoms with Crippen LogP contribution in [0.25, 0.3) is 27.8 Å². The highest BCUT2D eigenvalue weighted by Gasteiger charge is 2.38. The van der Waals surface area contributed by atoms with Crippen LogP contribution in [0.4, 0.5) is 29.2 Å². The number of hydrogen-bond acceptors (Lipinski definition) is 6. The zero-order valence-corrected chi connectivity index (χ0v) is 20.6. The highest BCUT2D eigenvalue weighted by molar-refractivity contribution is 5.89. The van der Waals surface area contributed by atoms with Gasteiger partial charge in [-0.1, -0.05) is 18.2 Å². The molecule has 0 amide bonds. The molecule has 0 atom stereocenters. The van der Waals surface area contributed by atoms with Gasteiger partial charge in [-0.2, -0.15) is 18.2 Å². The number of imidazole rings is 1. The zero-order valence-electron chi connectivity index (χ0n) is 20.6. The van der Waals surface area contributed by atoms with Crippen LogP contribution >= 0.6 is 0 Å². The molecule has 4 heterocycles. The van der Waals surface area contributed by atoms with Gasteiger partial charge in [0.2, 0.25) is 5.95 Å². The van der Waals surface area contributed by atoms with Gasteiger partial charge in [0.1, 0.15) is 6.33 Å². The summed E-state index contributed by atoms with van der Waals surface area (Å²) in [7, 11) is 0. The van der Waals surface area contributed by atoms with Crippen molar-refractivity contribution in [3.8, 4) is 5.82 Å². The Balaban J connectivity index is 0.000000392. The molecule has 0 bridgehead atoms. The molecule has 3 N–H and O–H groups in total. The first kappa shape index (κ1) is 26.1. The van der Waals surface area contributed by atoms with E-state index in [-0.39, 0.29) is 5.82 Å². The first-order chi connectivity index (χ1) is 18.7. The Morgan fingerprint density at radius 3 is 2.67 bits per heavy atom. The molecular formula is C26H23F4N7O2. The smallest absolute Gasteiger partial charge is 0.475 e. The van der Waals surface area contributed by atoms with Gasteiger partial charge in [0.05, 0.1) is 22.7 Å². The molecule has 0 unspecified atom stereocenters. The first-order valence-corrected chi connectivity index (χ1v) is 12.0. The standard InChI is InChI=1S/C24H22FN7.C2HF3O2/c1-2-31-20-9-10-26-12-17(20)16-8-7-15(11-22(16)31)29-24-27-13-18(25)23(30-24)32-14-28-19-5-3-4-6-21(19)32;3-2(4,5)1(6)7/h3-8,11,13-14,26H,2,9-10,12H2,1H3,(H,27,29,30);(H,6,7). The van der Waals surface area contributed by atoms with Crippen LogP contribution < -0.4 is 10.6 Å². The van der Waals surface area contributed by atoms with Gasteiger partial charge in [-0.05, 0) is 36.8 Å². The largest absolute Gasteiger partial charge is 0.490 e. The number of carboxylic acids is 1. The van der Waals surface area contributed by atoms with E-state index in [2.05, 4.69) is 49.2 Å².